The summed E-state index contributed by atoms with van der Waals surface area (Å²) in [5, 5.41) is 0. The number of allylic oxidation sites excluding steroid dienone is 2. The van der Waals surface area contributed by atoms with Gasteiger partial charge >= 0.3 is 0 Å². The molecule has 5 rings (SSSR count). The summed E-state index contributed by atoms with van der Waals surface area (Å²) in [6.07, 6.45) is 3.93. The smallest absolute Gasteiger partial charge is 0.235 e. The van der Waals surface area contributed by atoms with Crippen molar-refractivity contribution < 1.29 is 19.2 Å². The summed E-state index contributed by atoms with van der Waals surface area (Å²) in [7, 11) is 0. The molecule has 0 aromatic rings. The van der Waals surface area contributed by atoms with Crippen LogP contribution in [0.15, 0.2) is 10.2 Å². The fraction of sp³-hybridized carbons (Fsp3) is 0.882. The van der Waals surface area contributed by atoms with E-state index in [0.717, 1.165) is 29.5 Å². The lowest BCUT2D eigenvalue weighted by atomic mass is 9.58. The zero-order valence-electron chi connectivity index (χ0n) is 13.7. The van der Waals surface area contributed by atoms with E-state index in [9.17, 15) is 0 Å². The highest BCUT2D eigenvalue weighted by atomic mass is 79.9. The number of ether oxygens (including phenoxy) is 2. The molecule has 0 aromatic carbocycles. The van der Waals surface area contributed by atoms with Crippen molar-refractivity contribution in [1.29, 1.82) is 0 Å². The van der Waals surface area contributed by atoms with Crippen LogP contribution in [0.4, 0.5) is 0 Å². The molecule has 5 fully saturated rings. The van der Waals surface area contributed by atoms with Crippen LogP contribution in [0.1, 0.15) is 53.4 Å². The monoisotopic (exact) mass is 372 g/mol. The van der Waals surface area contributed by atoms with Gasteiger partial charge in [0.2, 0.25) is 12.1 Å². The summed E-state index contributed by atoms with van der Waals surface area (Å²) in [6, 6.07) is 0. The predicted molar refractivity (Wildman–Crippen MR) is 84.7 cm³/mol. The minimum Gasteiger partial charge on any atom is -0.465 e. The highest BCUT2D eigenvalue weighted by Gasteiger charge is 2.69. The SMILES string of the molecule is C/C(Br)=C1/O[C@@H]2OC3(C)CC[C@H]4[C@H](C)CC[C@@H]([C@H]1C)[C@@]24OO3. The molecule has 124 valence electrons. The molecule has 1 aliphatic carbocycles. The van der Waals surface area contributed by atoms with Gasteiger partial charge in [-0.25, -0.2) is 9.78 Å². The van der Waals surface area contributed by atoms with Crippen LogP contribution >= 0.6 is 15.9 Å². The van der Waals surface area contributed by atoms with Crippen molar-refractivity contribution >= 4 is 15.9 Å². The molecule has 2 bridgehead atoms. The number of rotatable bonds is 0. The van der Waals surface area contributed by atoms with E-state index in [1.165, 1.54) is 6.42 Å². The number of halogens is 1. The Morgan fingerprint density at radius 3 is 2.64 bits per heavy atom. The van der Waals surface area contributed by atoms with Crippen LogP contribution in [0, 0.1) is 23.7 Å². The third kappa shape index (κ3) is 1.92. The Hall–Kier alpha value is -0.100. The van der Waals surface area contributed by atoms with Gasteiger partial charge in [-0.2, -0.15) is 0 Å². The first-order chi connectivity index (χ1) is 10.4. The molecule has 0 amide bonds. The summed E-state index contributed by atoms with van der Waals surface area (Å²) < 4.78 is 13.7. The van der Waals surface area contributed by atoms with Crippen LogP contribution in [0.5, 0.6) is 0 Å². The van der Waals surface area contributed by atoms with Crippen molar-refractivity contribution in [2.45, 2.75) is 71.1 Å². The van der Waals surface area contributed by atoms with E-state index in [4.69, 9.17) is 19.2 Å². The van der Waals surface area contributed by atoms with Crippen LogP contribution in [0.25, 0.3) is 0 Å². The van der Waals surface area contributed by atoms with E-state index in [-0.39, 0.29) is 6.29 Å². The molecule has 4 aliphatic heterocycles. The Morgan fingerprint density at radius 2 is 1.91 bits per heavy atom. The lowest BCUT2D eigenvalue weighted by molar-refractivity contribution is -0.562. The highest BCUT2D eigenvalue weighted by molar-refractivity contribution is 9.11. The Bertz CT molecular complexity index is 517. The van der Waals surface area contributed by atoms with Crippen molar-refractivity contribution in [1.82, 2.24) is 0 Å². The normalized spacial score (nSPS) is 56.0. The van der Waals surface area contributed by atoms with E-state index in [2.05, 4.69) is 29.8 Å². The molecule has 5 aliphatic rings. The Kier molecular flexibility index (Phi) is 3.47. The standard InChI is InChI=1S/C17H25BrO4/c1-9-5-6-13-10(2)14(11(3)18)19-15-17(13)12(9)7-8-16(4,20-15)21-22-17/h9-10,12-13,15H,5-8H2,1-4H3/b14-11-/t9-,10-,12+,13+,15-,16?,17-/m1/s1. The molecule has 0 N–H and O–H groups in total. The van der Waals surface area contributed by atoms with Gasteiger partial charge in [0.1, 0.15) is 5.76 Å². The van der Waals surface area contributed by atoms with Gasteiger partial charge in [0.25, 0.3) is 0 Å². The first kappa shape index (κ1) is 15.4. The molecule has 0 radical (unpaired) electrons. The minimum atomic E-state index is -0.691. The molecule has 7 atom stereocenters. The second-order valence-electron chi connectivity index (χ2n) is 7.71. The zero-order valence-corrected chi connectivity index (χ0v) is 15.3. The van der Waals surface area contributed by atoms with Gasteiger partial charge in [-0.05, 0) is 39.0 Å². The third-order valence-corrected chi connectivity index (χ3v) is 6.76. The van der Waals surface area contributed by atoms with E-state index in [1.54, 1.807) is 0 Å². The molecule has 5 heteroatoms. The highest BCUT2D eigenvalue weighted by Crippen LogP contribution is 2.61. The number of hydrogen-bond donors (Lipinski definition) is 0. The molecule has 4 nitrogen and oxygen atoms in total. The summed E-state index contributed by atoms with van der Waals surface area (Å²) >= 11 is 3.61. The van der Waals surface area contributed by atoms with Crippen LogP contribution in [0.3, 0.4) is 0 Å². The van der Waals surface area contributed by atoms with Gasteiger partial charge in [0, 0.05) is 28.7 Å². The average Bonchev–Trinajstić information content (AvgIpc) is 2.69. The van der Waals surface area contributed by atoms with Crippen LogP contribution in [-0.2, 0) is 19.2 Å². The topological polar surface area (TPSA) is 36.9 Å². The first-order valence-electron chi connectivity index (χ1n) is 8.45. The molecular formula is C17H25BrO4. The fourth-order valence-electron chi connectivity index (χ4n) is 5.19. The van der Waals surface area contributed by atoms with Gasteiger partial charge in [-0.15, -0.1) is 0 Å². The Labute approximate surface area is 140 Å². The molecule has 4 saturated heterocycles. The van der Waals surface area contributed by atoms with Crippen LogP contribution in [-0.4, -0.2) is 17.7 Å². The van der Waals surface area contributed by atoms with Crippen molar-refractivity contribution in [2.24, 2.45) is 23.7 Å². The number of hydrogen-bond acceptors (Lipinski definition) is 4. The minimum absolute atomic E-state index is 0.306. The largest absolute Gasteiger partial charge is 0.465 e. The molecule has 4 heterocycles. The summed E-state index contributed by atoms with van der Waals surface area (Å²) in [4.78, 5) is 11.9. The van der Waals surface area contributed by atoms with E-state index >= 15 is 0 Å². The average molecular weight is 373 g/mol. The molecular weight excluding hydrogens is 348 g/mol. The summed E-state index contributed by atoms with van der Waals surface area (Å²) in [5.41, 5.74) is -0.459. The van der Waals surface area contributed by atoms with Gasteiger partial charge in [-0.1, -0.05) is 29.8 Å². The van der Waals surface area contributed by atoms with Crippen molar-refractivity contribution in [3.8, 4) is 0 Å². The second kappa shape index (κ2) is 4.95. The fourth-order valence-corrected chi connectivity index (χ4v) is 5.64. The van der Waals surface area contributed by atoms with Crippen molar-refractivity contribution in [3.05, 3.63) is 10.2 Å². The number of fused-ring (bicyclic) bond motifs is 2. The molecule has 1 saturated carbocycles. The maximum absolute atomic E-state index is 6.32. The van der Waals surface area contributed by atoms with Gasteiger partial charge in [-0.3, -0.25) is 0 Å². The molecule has 1 unspecified atom stereocenters. The lowest BCUT2D eigenvalue weighted by Crippen LogP contribution is -2.68. The van der Waals surface area contributed by atoms with E-state index in [1.807, 2.05) is 13.8 Å². The van der Waals surface area contributed by atoms with Gasteiger partial charge in [0.05, 0.1) is 0 Å². The third-order valence-electron chi connectivity index (χ3n) is 6.37. The maximum atomic E-state index is 6.32. The van der Waals surface area contributed by atoms with Crippen molar-refractivity contribution in [3.63, 3.8) is 0 Å². The molecule has 22 heavy (non-hydrogen) atoms. The van der Waals surface area contributed by atoms with Gasteiger partial charge in [0.15, 0.2) is 5.60 Å². The summed E-state index contributed by atoms with van der Waals surface area (Å²) in [5.74, 6) is 2.04. The first-order valence-corrected chi connectivity index (χ1v) is 9.24. The van der Waals surface area contributed by atoms with E-state index in [0.29, 0.717) is 23.7 Å². The second-order valence-corrected chi connectivity index (χ2v) is 8.90. The van der Waals surface area contributed by atoms with E-state index < -0.39 is 11.4 Å². The van der Waals surface area contributed by atoms with Crippen LogP contribution < -0.4 is 0 Å². The predicted octanol–water partition coefficient (Wildman–Crippen LogP) is 4.49. The zero-order chi connectivity index (χ0) is 15.7. The van der Waals surface area contributed by atoms with Crippen LogP contribution in [0.2, 0.25) is 0 Å². The lowest BCUT2D eigenvalue weighted by Gasteiger charge is -2.59. The van der Waals surface area contributed by atoms with Crippen molar-refractivity contribution in [2.75, 3.05) is 0 Å². The molecule has 0 aromatic heterocycles. The summed E-state index contributed by atoms with van der Waals surface area (Å²) in [6.45, 7) is 8.58. The Morgan fingerprint density at radius 1 is 1.14 bits per heavy atom. The quantitative estimate of drug-likeness (QED) is 0.586. The molecule has 1 spiro atoms. The van der Waals surface area contributed by atoms with Gasteiger partial charge < -0.3 is 9.47 Å². The maximum Gasteiger partial charge on any atom is 0.235 e. The Balaban J connectivity index is 1.84.